The van der Waals surface area contributed by atoms with Crippen molar-refractivity contribution in [2.75, 3.05) is 0 Å². The maximum absolute atomic E-state index is 13.6. The van der Waals surface area contributed by atoms with Crippen molar-refractivity contribution in [3.8, 4) is 0 Å². The molecule has 1 heterocycles. The van der Waals surface area contributed by atoms with Crippen LogP contribution >= 0.6 is 11.6 Å². The maximum atomic E-state index is 13.6. The lowest BCUT2D eigenvalue weighted by Crippen LogP contribution is -2.30. The molecule has 0 aliphatic carbocycles. The quantitative estimate of drug-likeness (QED) is 0.656. The molecule has 1 N–H and O–H groups in total. The van der Waals surface area contributed by atoms with E-state index in [1.807, 2.05) is 0 Å². The largest absolute Gasteiger partial charge is 0.475 e. The van der Waals surface area contributed by atoms with Gasteiger partial charge in [-0.3, -0.25) is 4.79 Å². The topological polar surface area (TPSA) is 83.4 Å². The molecule has 0 saturated carbocycles. The van der Waals surface area contributed by atoms with Gasteiger partial charge in [0.2, 0.25) is 5.82 Å². The molecular formula is C20H14ClF2N3O3. The van der Waals surface area contributed by atoms with Crippen LogP contribution in [0.3, 0.4) is 0 Å². The van der Waals surface area contributed by atoms with Crippen molar-refractivity contribution in [3.63, 3.8) is 0 Å². The van der Waals surface area contributed by atoms with Gasteiger partial charge < -0.3 is 10.0 Å². The molecule has 0 atom stereocenters. The summed E-state index contributed by atoms with van der Waals surface area (Å²) in [4.78, 5) is 32.6. The van der Waals surface area contributed by atoms with Gasteiger partial charge in [0.1, 0.15) is 11.6 Å². The fourth-order valence-corrected chi connectivity index (χ4v) is 2.85. The van der Waals surface area contributed by atoms with Crippen LogP contribution in [0.2, 0.25) is 5.02 Å². The molecule has 3 rings (SSSR count). The van der Waals surface area contributed by atoms with Crippen molar-refractivity contribution in [3.05, 3.63) is 94.0 Å². The Kier molecular flexibility index (Phi) is 6.13. The van der Waals surface area contributed by atoms with Crippen LogP contribution in [-0.4, -0.2) is 31.9 Å². The fourth-order valence-electron chi connectivity index (χ4n) is 2.66. The highest BCUT2D eigenvalue weighted by atomic mass is 35.5. The third-order valence-corrected chi connectivity index (χ3v) is 4.35. The van der Waals surface area contributed by atoms with Crippen LogP contribution in [-0.2, 0) is 13.1 Å². The van der Waals surface area contributed by atoms with Crippen LogP contribution in [0.4, 0.5) is 8.78 Å². The predicted octanol–water partition coefficient (Wildman–Crippen LogP) is 3.95. The fraction of sp³-hybridized carbons (Fsp3) is 0.100. The number of carboxylic acid groups (broad SMARTS) is 1. The summed E-state index contributed by atoms with van der Waals surface area (Å²) in [5.74, 6) is -4.05. The van der Waals surface area contributed by atoms with Crippen molar-refractivity contribution in [2.24, 2.45) is 0 Å². The van der Waals surface area contributed by atoms with Crippen LogP contribution in [0.25, 0.3) is 0 Å². The van der Waals surface area contributed by atoms with Gasteiger partial charge in [0.25, 0.3) is 5.91 Å². The first kappa shape index (κ1) is 20.3. The van der Waals surface area contributed by atoms with Crippen molar-refractivity contribution >= 4 is 23.5 Å². The Bertz CT molecular complexity index is 1040. The molecule has 1 aromatic heterocycles. The molecule has 0 aliphatic rings. The van der Waals surface area contributed by atoms with Gasteiger partial charge in [-0.2, -0.15) is 0 Å². The average molecular weight is 418 g/mol. The third kappa shape index (κ3) is 5.11. The SMILES string of the molecule is O=C(O)c1ncc(CN(Cc2ccccc2Cl)C(=O)c2cc(F)cc(F)c2)cn1. The summed E-state index contributed by atoms with van der Waals surface area (Å²) in [6, 6.07) is 9.41. The Morgan fingerprint density at radius 2 is 1.62 bits per heavy atom. The molecule has 0 saturated heterocycles. The van der Waals surface area contributed by atoms with Gasteiger partial charge in [-0.1, -0.05) is 29.8 Å². The number of carbonyl (C=O) groups is 2. The molecule has 0 radical (unpaired) electrons. The number of benzene rings is 2. The summed E-state index contributed by atoms with van der Waals surface area (Å²) in [7, 11) is 0. The molecule has 0 unspecified atom stereocenters. The lowest BCUT2D eigenvalue weighted by Gasteiger charge is -2.23. The number of amides is 1. The molecule has 0 aliphatic heterocycles. The molecule has 0 spiro atoms. The Morgan fingerprint density at radius 1 is 1.00 bits per heavy atom. The predicted molar refractivity (Wildman–Crippen MR) is 100 cm³/mol. The minimum atomic E-state index is -1.28. The second kappa shape index (κ2) is 8.74. The van der Waals surface area contributed by atoms with Gasteiger partial charge in [0.15, 0.2) is 0 Å². The highest BCUT2D eigenvalue weighted by Gasteiger charge is 2.20. The monoisotopic (exact) mass is 417 g/mol. The van der Waals surface area contributed by atoms with E-state index >= 15 is 0 Å². The average Bonchev–Trinajstić information content (AvgIpc) is 2.68. The Morgan fingerprint density at radius 3 is 2.21 bits per heavy atom. The van der Waals surface area contributed by atoms with Gasteiger partial charge in [-0.05, 0) is 23.8 Å². The van der Waals surface area contributed by atoms with Crippen LogP contribution in [0.15, 0.2) is 54.9 Å². The molecule has 2 aromatic carbocycles. The van der Waals surface area contributed by atoms with E-state index in [9.17, 15) is 18.4 Å². The van der Waals surface area contributed by atoms with Crippen LogP contribution in [0.5, 0.6) is 0 Å². The first-order valence-electron chi connectivity index (χ1n) is 8.36. The van der Waals surface area contributed by atoms with Crippen LogP contribution in [0, 0.1) is 11.6 Å². The summed E-state index contributed by atoms with van der Waals surface area (Å²) >= 11 is 6.18. The molecule has 3 aromatic rings. The smallest absolute Gasteiger partial charge is 0.373 e. The molecule has 0 fully saturated rings. The summed E-state index contributed by atoms with van der Waals surface area (Å²) < 4.78 is 27.2. The third-order valence-electron chi connectivity index (χ3n) is 3.99. The lowest BCUT2D eigenvalue weighted by molar-refractivity contribution is 0.0679. The maximum Gasteiger partial charge on any atom is 0.373 e. The normalized spacial score (nSPS) is 10.6. The minimum absolute atomic E-state index is 0.0257. The number of carbonyl (C=O) groups excluding carboxylic acids is 1. The summed E-state index contributed by atoms with van der Waals surface area (Å²) in [5.41, 5.74) is 0.896. The first-order valence-corrected chi connectivity index (χ1v) is 8.74. The molecule has 148 valence electrons. The van der Waals surface area contributed by atoms with Gasteiger partial charge >= 0.3 is 5.97 Å². The molecule has 0 bridgehead atoms. The molecule has 1 amide bonds. The number of hydrogen-bond acceptors (Lipinski definition) is 4. The number of rotatable bonds is 6. The molecule has 6 nitrogen and oxygen atoms in total. The minimum Gasteiger partial charge on any atom is -0.475 e. The van der Waals surface area contributed by atoms with E-state index in [0.29, 0.717) is 22.2 Å². The van der Waals surface area contributed by atoms with E-state index < -0.39 is 23.5 Å². The summed E-state index contributed by atoms with van der Waals surface area (Å²) in [6.07, 6.45) is 2.55. The summed E-state index contributed by atoms with van der Waals surface area (Å²) in [6.45, 7) is 0.0272. The number of aromatic nitrogens is 2. The zero-order valence-electron chi connectivity index (χ0n) is 14.8. The Labute approximate surface area is 169 Å². The van der Waals surface area contributed by atoms with Crippen molar-refractivity contribution in [2.45, 2.75) is 13.1 Å². The van der Waals surface area contributed by atoms with Crippen molar-refractivity contribution in [1.29, 1.82) is 0 Å². The van der Waals surface area contributed by atoms with E-state index in [4.69, 9.17) is 16.7 Å². The second-order valence-electron chi connectivity index (χ2n) is 6.13. The highest BCUT2D eigenvalue weighted by molar-refractivity contribution is 6.31. The number of carboxylic acids is 1. The van der Waals surface area contributed by atoms with Gasteiger partial charge in [0.05, 0.1) is 0 Å². The highest BCUT2D eigenvalue weighted by Crippen LogP contribution is 2.20. The van der Waals surface area contributed by atoms with Gasteiger partial charge in [0, 0.05) is 47.7 Å². The zero-order chi connectivity index (χ0) is 21.0. The van der Waals surface area contributed by atoms with Crippen molar-refractivity contribution in [1.82, 2.24) is 14.9 Å². The standard InChI is InChI=1S/C20H14ClF2N3O3/c21-17-4-2-1-3-13(17)11-26(10-12-8-24-18(20(28)29)25-9-12)19(27)14-5-15(22)7-16(23)6-14/h1-9H,10-11H2,(H,28,29). The first-order chi connectivity index (χ1) is 13.8. The number of aromatic carboxylic acids is 1. The van der Waals surface area contributed by atoms with E-state index in [2.05, 4.69) is 9.97 Å². The van der Waals surface area contributed by atoms with Crippen LogP contribution < -0.4 is 0 Å². The van der Waals surface area contributed by atoms with E-state index in [-0.39, 0.29) is 24.5 Å². The Balaban J connectivity index is 1.93. The number of hydrogen-bond donors (Lipinski definition) is 1. The summed E-state index contributed by atoms with van der Waals surface area (Å²) in [5, 5.41) is 9.32. The van der Waals surface area contributed by atoms with E-state index in [0.717, 1.165) is 12.1 Å². The molecule has 9 heteroatoms. The Hall–Kier alpha value is -3.39. The second-order valence-corrected chi connectivity index (χ2v) is 6.54. The van der Waals surface area contributed by atoms with E-state index in [1.165, 1.54) is 17.3 Å². The van der Waals surface area contributed by atoms with Gasteiger partial charge in [-0.15, -0.1) is 0 Å². The number of halogens is 3. The van der Waals surface area contributed by atoms with E-state index in [1.54, 1.807) is 24.3 Å². The zero-order valence-corrected chi connectivity index (χ0v) is 15.6. The molecular weight excluding hydrogens is 404 g/mol. The molecule has 29 heavy (non-hydrogen) atoms. The van der Waals surface area contributed by atoms with Crippen LogP contribution in [0.1, 0.15) is 32.1 Å². The number of nitrogens with zero attached hydrogens (tertiary/aromatic N) is 3. The lowest BCUT2D eigenvalue weighted by atomic mass is 10.1. The van der Waals surface area contributed by atoms with Gasteiger partial charge in [-0.25, -0.2) is 23.5 Å². The van der Waals surface area contributed by atoms with Crippen molar-refractivity contribution < 1.29 is 23.5 Å².